The smallest absolute Gasteiger partial charge is 0.405 e. The van der Waals surface area contributed by atoms with Crippen LogP contribution in [0.5, 0.6) is 0 Å². The minimum atomic E-state index is -1.32. The second-order valence-electron chi connectivity index (χ2n) is 6.13. The molecule has 4 N–H and O–H groups in total. The third-order valence-corrected chi connectivity index (χ3v) is 4.40. The van der Waals surface area contributed by atoms with E-state index in [0.29, 0.717) is 23.0 Å². The molecule has 0 fully saturated rings. The summed E-state index contributed by atoms with van der Waals surface area (Å²) in [5.41, 5.74) is 2.50. The monoisotopic (exact) mass is 369 g/mol. The first kappa shape index (κ1) is 18.2. The lowest BCUT2D eigenvalue weighted by molar-refractivity contribution is -0.143. The van der Waals surface area contributed by atoms with Gasteiger partial charge >= 0.3 is 17.8 Å². The van der Waals surface area contributed by atoms with Crippen molar-refractivity contribution >= 4 is 23.1 Å². The van der Waals surface area contributed by atoms with E-state index in [1.165, 1.54) is 7.11 Å². The summed E-state index contributed by atoms with van der Waals surface area (Å²) in [7, 11) is 1.21. The van der Waals surface area contributed by atoms with E-state index in [4.69, 9.17) is 4.74 Å². The van der Waals surface area contributed by atoms with Crippen molar-refractivity contribution in [2.24, 2.45) is 0 Å². The fourth-order valence-corrected chi connectivity index (χ4v) is 3.16. The van der Waals surface area contributed by atoms with Crippen molar-refractivity contribution in [1.82, 2.24) is 15.3 Å². The molecule has 0 aliphatic rings. The molecule has 1 heterocycles. The normalized spacial score (nSPS) is 13.1. The van der Waals surface area contributed by atoms with Crippen molar-refractivity contribution in [3.63, 3.8) is 0 Å². The summed E-state index contributed by atoms with van der Waals surface area (Å²) in [5.74, 6) is -1.21. The van der Waals surface area contributed by atoms with Gasteiger partial charge in [0.1, 0.15) is 6.04 Å². The molecule has 0 saturated heterocycles. The number of carbonyl (C=O) groups is 2. The van der Waals surface area contributed by atoms with Crippen molar-refractivity contribution < 1.29 is 19.4 Å². The Hall–Kier alpha value is -3.55. The van der Waals surface area contributed by atoms with Crippen LogP contribution in [0.2, 0.25) is 0 Å². The number of methoxy groups -OCH3 is 1. The Morgan fingerprint density at radius 1 is 1.11 bits per heavy atom. The van der Waals surface area contributed by atoms with Gasteiger partial charge in [0.25, 0.3) is 0 Å². The molecule has 27 heavy (non-hydrogen) atoms. The van der Waals surface area contributed by atoms with Crippen LogP contribution in [0.3, 0.4) is 0 Å². The lowest BCUT2D eigenvalue weighted by Gasteiger charge is -2.26. The molecule has 3 rings (SSSR count). The minimum absolute atomic E-state index is 0.338. The zero-order valence-corrected chi connectivity index (χ0v) is 14.6. The SMILES string of the molecule is COC(=O)C(NC(=O)O)C(Cc1ccccc1)c1ccc2[nH]c(=O)[nH]c2c1. The van der Waals surface area contributed by atoms with E-state index in [1.807, 2.05) is 30.3 Å². The Morgan fingerprint density at radius 3 is 2.48 bits per heavy atom. The predicted octanol–water partition coefficient (Wildman–Crippen LogP) is 1.99. The van der Waals surface area contributed by atoms with Crippen LogP contribution in [-0.2, 0) is 16.0 Å². The van der Waals surface area contributed by atoms with Gasteiger partial charge in [-0.25, -0.2) is 14.4 Å². The number of H-pyrrole nitrogens is 2. The Bertz CT molecular complexity index is 1010. The number of aromatic amines is 2. The van der Waals surface area contributed by atoms with Crippen molar-refractivity contribution in [2.75, 3.05) is 7.11 Å². The third kappa shape index (κ3) is 4.17. The molecular weight excluding hydrogens is 350 g/mol. The molecule has 0 aliphatic heterocycles. The van der Waals surface area contributed by atoms with Gasteiger partial charge in [0, 0.05) is 5.92 Å². The number of nitrogens with one attached hydrogen (secondary N) is 3. The van der Waals surface area contributed by atoms with Crippen LogP contribution in [0.1, 0.15) is 17.0 Å². The van der Waals surface area contributed by atoms with Crippen molar-refractivity contribution in [1.29, 1.82) is 0 Å². The molecule has 0 radical (unpaired) electrons. The first-order valence-electron chi connectivity index (χ1n) is 8.31. The molecular formula is C19H19N3O5. The van der Waals surface area contributed by atoms with Gasteiger partial charge in [0.05, 0.1) is 18.1 Å². The molecule has 0 bridgehead atoms. The molecule has 2 atom stereocenters. The van der Waals surface area contributed by atoms with Gasteiger partial charge < -0.3 is 25.1 Å². The molecule has 2 unspecified atom stereocenters. The maximum atomic E-state index is 12.3. The van der Waals surface area contributed by atoms with Crippen LogP contribution >= 0.6 is 0 Å². The Morgan fingerprint density at radius 2 is 1.81 bits per heavy atom. The van der Waals surface area contributed by atoms with Crippen LogP contribution in [0.15, 0.2) is 53.3 Å². The summed E-state index contributed by atoms with van der Waals surface area (Å²) in [6.07, 6.45) is -0.916. The fourth-order valence-electron chi connectivity index (χ4n) is 3.16. The van der Waals surface area contributed by atoms with Crippen LogP contribution in [-0.4, -0.2) is 40.3 Å². The van der Waals surface area contributed by atoms with Gasteiger partial charge in [0.15, 0.2) is 0 Å². The molecule has 3 aromatic rings. The molecule has 0 aliphatic carbocycles. The number of rotatable bonds is 6. The zero-order chi connectivity index (χ0) is 19.4. The van der Waals surface area contributed by atoms with Crippen LogP contribution in [0, 0.1) is 0 Å². The quantitative estimate of drug-likeness (QED) is 0.495. The number of amides is 1. The number of esters is 1. The number of aromatic nitrogens is 2. The lowest BCUT2D eigenvalue weighted by Crippen LogP contribution is -2.45. The number of ether oxygens (including phenoxy) is 1. The van der Waals surface area contributed by atoms with E-state index >= 15 is 0 Å². The summed E-state index contributed by atoms with van der Waals surface area (Å²) in [4.78, 5) is 40.4. The lowest BCUT2D eigenvalue weighted by atomic mass is 9.85. The summed E-state index contributed by atoms with van der Waals surface area (Å²) < 4.78 is 4.82. The average molecular weight is 369 g/mol. The number of benzene rings is 2. The van der Waals surface area contributed by atoms with E-state index in [2.05, 4.69) is 15.3 Å². The standard InChI is InChI=1S/C19H19N3O5/c1-27-17(23)16(22-19(25)26)13(9-11-5-3-2-4-6-11)12-7-8-14-15(10-12)21-18(24)20-14/h2-8,10,13,16,22H,9H2,1H3,(H,25,26)(H2,20,21,24). The van der Waals surface area contributed by atoms with Gasteiger partial charge in [-0.15, -0.1) is 0 Å². The van der Waals surface area contributed by atoms with Gasteiger partial charge in [-0.2, -0.15) is 0 Å². The number of fused-ring (bicyclic) bond motifs is 1. The summed E-state index contributed by atoms with van der Waals surface area (Å²) in [5, 5.41) is 11.5. The Balaban J connectivity index is 2.07. The highest BCUT2D eigenvalue weighted by molar-refractivity contribution is 5.82. The third-order valence-electron chi connectivity index (χ3n) is 4.40. The van der Waals surface area contributed by atoms with E-state index < -0.39 is 24.0 Å². The van der Waals surface area contributed by atoms with Gasteiger partial charge in [-0.3, -0.25) is 0 Å². The van der Waals surface area contributed by atoms with Crippen LogP contribution < -0.4 is 11.0 Å². The number of carbonyl (C=O) groups excluding carboxylic acids is 1. The Kier molecular flexibility index (Phi) is 5.25. The van der Waals surface area contributed by atoms with E-state index in [9.17, 15) is 19.5 Å². The average Bonchev–Trinajstić information content (AvgIpc) is 3.03. The second kappa shape index (κ2) is 7.77. The molecule has 0 saturated carbocycles. The highest BCUT2D eigenvalue weighted by atomic mass is 16.5. The number of imidazole rings is 1. The van der Waals surface area contributed by atoms with Gasteiger partial charge in [-0.1, -0.05) is 36.4 Å². The van der Waals surface area contributed by atoms with Crippen LogP contribution in [0.4, 0.5) is 4.79 Å². The van der Waals surface area contributed by atoms with Crippen LogP contribution in [0.25, 0.3) is 11.0 Å². The molecule has 0 spiro atoms. The second-order valence-corrected chi connectivity index (χ2v) is 6.13. The van der Waals surface area contributed by atoms with Gasteiger partial charge in [-0.05, 0) is 29.7 Å². The number of hydrogen-bond acceptors (Lipinski definition) is 4. The van der Waals surface area contributed by atoms with E-state index in [1.54, 1.807) is 18.2 Å². The molecule has 140 valence electrons. The minimum Gasteiger partial charge on any atom is -0.467 e. The maximum Gasteiger partial charge on any atom is 0.405 e. The number of carboxylic acid groups (broad SMARTS) is 1. The van der Waals surface area contributed by atoms with Crippen molar-refractivity contribution in [3.05, 3.63) is 70.1 Å². The highest BCUT2D eigenvalue weighted by Gasteiger charge is 2.32. The van der Waals surface area contributed by atoms with Crippen molar-refractivity contribution in [3.8, 4) is 0 Å². The Labute approximate surface area is 154 Å². The first-order valence-corrected chi connectivity index (χ1v) is 8.31. The van der Waals surface area contributed by atoms with Crippen molar-refractivity contribution in [2.45, 2.75) is 18.4 Å². The molecule has 1 aromatic heterocycles. The summed E-state index contributed by atoms with van der Waals surface area (Å²) in [6.45, 7) is 0. The molecule has 8 heteroatoms. The van der Waals surface area contributed by atoms with E-state index in [-0.39, 0.29) is 5.69 Å². The predicted molar refractivity (Wildman–Crippen MR) is 98.8 cm³/mol. The zero-order valence-electron chi connectivity index (χ0n) is 14.6. The first-order chi connectivity index (χ1) is 13.0. The van der Waals surface area contributed by atoms with E-state index in [0.717, 1.165) is 5.56 Å². The molecule has 2 aromatic carbocycles. The van der Waals surface area contributed by atoms with Gasteiger partial charge in [0.2, 0.25) is 0 Å². The molecule has 1 amide bonds. The summed E-state index contributed by atoms with van der Waals surface area (Å²) >= 11 is 0. The fraction of sp³-hybridized carbons (Fsp3) is 0.211. The maximum absolute atomic E-state index is 12.3. The summed E-state index contributed by atoms with van der Waals surface area (Å²) in [6, 6.07) is 13.5. The highest BCUT2D eigenvalue weighted by Crippen LogP contribution is 2.27. The molecule has 8 nitrogen and oxygen atoms in total. The topological polar surface area (TPSA) is 124 Å². The number of hydrogen-bond donors (Lipinski definition) is 4. The largest absolute Gasteiger partial charge is 0.467 e.